The first-order chi connectivity index (χ1) is 5.01. The summed E-state index contributed by atoms with van der Waals surface area (Å²) in [6.07, 6.45) is 1.60. The van der Waals surface area contributed by atoms with Crippen LogP contribution in [0.4, 0.5) is 0 Å². The Labute approximate surface area is 65.6 Å². The molecule has 0 aliphatic carbocycles. The molecule has 62 valence electrons. The topological polar surface area (TPSA) is 74.6 Å². The average Bonchev–Trinajstić information content (AvgIpc) is 1.86. The minimum atomic E-state index is -2.95. The van der Waals surface area contributed by atoms with Crippen molar-refractivity contribution in [3.63, 3.8) is 0 Å². The maximum Gasteiger partial charge on any atom is 0.483 e. The quantitative estimate of drug-likeness (QED) is 0.489. The zero-order valence-corrected chi connectivity index (χ0v) is 6.71. The maximum atomic E-state index is 10.8. The van der Waals surface area contributed by atoms with Gasteiger partial charge in [0.2, 0.25) is 0 Å². The molecule has 0 aromatic rings. The van der Waals surface area contributed by atoms with Crippen molar-refractivity contribution in [1.82, 2.24) is 0 Å². The number of sulfone groups is 1. The molecule has 1 rings (SSSR count). The van der Waals surface area contributed by atoms with Crippen LogP contribution in [0.25, 0.3) is 0 Å². The molecule has 0 aromatic carbocycles. The van der Waals surface area contributed by atoms with Crippen LogP contribution in [-0.2, 0) is 9.84 Å². The summed E-state index contributed by atoms with van der Waals surface area (Å²) in [5.74, 6) is -0.0452. The molecular weight excluding hydrogens is 167 g/mol. The molecule has 1 heterocycles. The Hall–Kier alpha value is -0.325. The molecule has 6 heteroatoms. The standard InChI is InChI=1S/C5H9BO4S/c7-6(8)5-1-3-11(9,10)4-2-5/h1,7-8H,2-4H2. The highest BCUT2D eigenvalue weighted by Crippen LogP contribution is 2.12. The van der Waals surface area contributed by atoms with Gasteiger partial charge in [-0.3, -0.25) is 0 Å². The summed E-state index contributed by atoms with van der Waals surface area (Å²) in [4.78, 5) is 0. The van der Waals surface area contributed by atoms with Gasteiger partial charge in [-0.05, 0) is 11.9 Å². The highest BCUT2D eigenvalue weighted by atomic mass is 32.2. The Bertz CT molecular complexity index is 266. The Balaban J connectivity index is 2.73. The van der Waals surface area contributed by atoms with Gasteiger partial charge in [0.1, 0.15) is 0 Å². The van der Waals surface area contributed by atoms with Crippen molar-refractivity contribution in [2.75, 3.05) is 11.5 Å². The van der Waals surface area contributed by atoms with Crippen LogP contribution in [0.5, 0.6) is 0 Å². The van der Waals surface area contributed by atoms with Crippen LogP contribution in [0.1, 0.15) is 6.42 Å². The lowest BCUT2D eigenvalue weighted by molar-refractivity contribution is 0.417. The third kappa shape index (κ3) is 2.32. The highest BCUT2D eigenvalue weighted by Gasteiger charge is 2.22. The lowest BCUT2D eigenvalue weighted by atomic mass is 9.77. The van der Waals surface area contributed by atoms with Crippen LogP contribution in [0, 0.1) is 0 Å². The first-order valence-electron chi connectivity index (χ1n) is 3.27. The zero-order chi connectivity index (χ0) is 8.48. The summed E-state index contributed by atoms with van der Waals surface area (Å²) >= 11 is 0. The summed E-state index contributed by atoms with van der Waals surface area (Å²) in [6.45, 7) is 0. The molecular formula is C5H9BO4S. The number of hydrogen-bond donors (Lipinski definition) is 2. The van der Waals surface area contributed by atoms with E-state index < -0.39 is 17.0 Å². The third-order valence-corrected chi connectivity index (χ3v) is 3.13. The molecule has 0 unspecified atom stereocenters. The summed E-state index contributed by atoms with van der Waals surface area (Å²) in [5.41, 5.74) is 0.403. The van der Waals surface area contributed by atoms with Crippen LogP contribution in [0.3, 0.4) is 0 Å². The molecule has 0 atom stereocenters. The average molecular weight is 176 g/mol. The number of allylic oxidation sites excluding steroid dienone is 1. The Morgan fingerprint density at radius 3 is 2.45 bits per heavy atom. The molecule has 2 N–H and O–H groups in total. The molecule has 1 aliphatic heterocycles. The molecule has 4 nitrogen and oxygen atoms in total. The van der Waals surface area contributed by atoms with E-state index in [0.29, 0.717) is 5.47 Å². The molecule has 0 aromatic heterocycles. The van der Waals surface area contributed by atoms with E-state index in [1.165, 1.54) is 6.08 Å². The van der Waals surface area contributed by atoms with Crippen LogP contribution >= 0.6 is 0 Å². The lowest BCUT2D eigenvalue weighted by Crippen LogP contribution is -2.24. The van der Waals surface area contributed by atoms with Crippen molar-refractivity contribution >= 4 is 17.0 Å². The molecule has 11 heavy (non-hydrogen) atoms. The minimum absolute atomic E-state index is 0.0243. The zero-order valence-electron chi connectivity index (χ0n) is 5.90. The van der Waals surface area contributed by atoms with Gasteiger partial charge in [-0.1, -0.05) is 6.08 Å². The summed E-state index contributed by atoms with van der Waals surface area (Å²) in [6, 6.07) is 0. The van der Waals surface area contributed by atoms with E-state index in [0.717, 1.165) is 0 Å². The van der Waals surface area contributed by atoms with Gasteiger partial charge < -0.3 is 10.0 Å². The van der Waals surface area contributed by atoms with E-state index in [1.807, 2.05) is 0 Å². The third-order valence-electron chi connectivity index (χ3n) is 1.63. The van der Waals surface area contributed by atoms with Gasteiger partial charge in [0.25, 0.3) is 0 Å². The first kappa shape index (κ1) is 8.77. The monoisotopic (exact) mass is 176 g/mol. The largest absolute Gasteiger partial charge is 0.483 e. The van der Waals surface area contributed by atoms with Gasteiger partial charge >= 0.3 is 7.12 Å². The van der Waals surface area contributed by atoms with Crippen LogP contribution < -0.4 is 0 Å². The van der Waals surface area contributed by atoms with Crippen molar-refractivity contribution in [3.05, 3.63) is 11.5 Å². The van der Waals surface area contributed by atoms with E-state index in [1.54, 1.807) is 0 Å². The fraction of sp³-hybridized carbons (Fsp3) is 0.600. The van der Waals surface area contributed by atoms with E-state index in [4.69, 9.17) is 10.0 Å². The second kappa shape index (κ2) is 2.96. The predicted octanol–water partition coefficient (Wildman–Crippen LogP) is -1.26. The van der Waals surface area contributed by atoms with Crippen molar-refractivity contribution in [2.45, 2.75) is 6.42 Å². The van der Waals surface area contributed by atoms with E-state index in [-0.39, 0.29) is 17.9 Å². The molecule has 0 spiro atoms. The molecule has 0 bridgehead atoms. The van der Waals surface area contributed by atoms with Crippen molar-refractivity contribution in [3.8, 4) is 0 Å². The van der Waals surface area contributed by atoms with E-state index in [2.05, 4.69) is 0 Å². The van der Waals surface area contributed by atoms with Crippen LogP contribution in [0.15, 0.2) is 11.5 Å². The molecule has 1 aliphatic rings. The molecule has 0 saturated carbocycles. The van der Waals surface area contributed by atoms with Gasteiger partial charge in [-0.25, -0.2) is 8.42 Å². The van der Waals surface area contributed by atoms with Crippen LogP contribution in [0.2, 0.25) is 0 Å². The second-order valence-electron chi connectivity index (χ2n) is 2.52. The first-order valence-corrected chi connectivity index (χ1v) is 5.09. The molecule has 0 saturated heterocycles. The maximum absolute atomic E-state index is 10.8. The minimum Gasteiger partial charge on any atom is -0.423 e. The van der Waals surface area contributed by atoms with Gasteiger partial charge in [0, 0.05) is 0 Å². The van der Waals surface area contributed by atoms with Crippen molar-refractivity contribution in [2.24, 2.45) is 0 Å². The van der Waals surface area contributed by atoms with Gasteiger partial charge in [-0.15, -0.1) is 0 Å². The summed E-state index contributed by atoms with van der Waals surface area (Å²) < 4.78 is 21.6. The lowest BCUT2D eigenvalue weighted by Gasteiger charge is -2.11. The number of rotatable bonds is 1. The van der Waals surface area contributed by atoms with Gasteiger partial charge in [0.15, 0.2) is 9.84 Å². The Morgan fingerprint density at radius 2 is 2.09 bits per heavy atom. The van der Waals surface area contributed by atoms with Crippen molar-refractivity contribution in [1.29, 1.82) is 0 Å². The second-order valence-corrected chi connectivity index (χ2v) is 4.75. The molecule has 0 radical (unpaired) electrons. The smallest absolute Gasteiger partial charge is 0.423 e. The molecule has 0 fully saturated rings. The van der Waals surface area contributed by atoms with Gasteiger partial charge in [-0.2, -0.15) is 0 Å². The van der Waals surface area contributed by atoms with E-state index >= 15 is 0 Å². The number of hydrogen-bond acceptors (Lipinski definition) is 4. The van der Waals surface area contributed by atoms with Gasteiger partial charge in [0.05, 0.1) is 11.5 Å². The summed E-state index contributed by atoms with van der Waals surface area (Å²) in [7, 11) is -4.44. The normalized spacial score (nSPS) is 22.5. The fourth-order valence-corrected chi connectivity index (χ4v) is 2.11. The SMILES string of the molecule is O=S1(=O)CC=C(B(O)O)CC1. The Morgan fingerprint density at radius 1 is 1.45 bits per heavy atom. The van der Waals surface area contributed by atoms with Crippen LogP contribution in [-0.4, -0.2) is 37.1 Å². The summed E-state index contributed by atoms with van der Waals surface area (Å²) in [5, 5.41) is 17.3. The Kier molecular flexibility index (Phi) is 2.36. The predicted molar refractivity (Wildman–Crippen MR) is 41.5 cm³/mol. The fourth-order valence-electron chi connectivity index (χ4n) is 0.927. The van der Waals surface area contributed by atoms with Crippen molar-refractivity contribution < 1.29 is 18.5 Å². The van der Waals surface area contributed by atoms with E-state index in [9.17, 15) is 8.42 Å². The molecule has 0 amide bonds. The highest BCUT2D eigenvalue weighted by molar-refractivity contribution is 7.91.